The van der Waals surface area contributed by atoms with Crippen LogP contribution >= 0.6 is 0 Å². The maximum atomic E-state index is 11.3. The van der Waals surface area contributed by atoms with Gasteiger partial charge >= 0.3 is 5.97 Å². The molecule has 5 N–H and O–H groups in total. The topological polar surface area (TPSA) is 108 Å². The SMILES string of the molecule is C[C@H](CCC(=O)O)[C@H]1CC[C@H]2[C@@H]3CC(Oc4ccc(N)cc4)C4CC(Oc5ccc(N)cc5)CC[C@]4(C)[C@H]3CC[C@]12C. The van der Waals surface area contributed by atoms with E-state index in [-0.39, 0.29) is 29.5 Å². The molecule has 0 radical (unpaired) electrons. The van der Waals surface area contributed by atoms with Gasteiger partial charge in [-0.05, 0) is 147 Å². The lowest BCUT2D eigenvalue weighted by atomic mass is 9.43. The van der Waals surface area contributed by atoms with E-state index in [0.717, 1.165) is 55.0 Å². The van der Waals surface area contributed by atoms with E-state index < -0.39 is 5.97 Å². The predicted octanol–water partition coefficient (Wildman–Crippen LogP) is 7.82. The quantitative estimate of drug-likeness (QED) is 0.278. The van der Waals surface area contributed by atoms with E-state index >= 15 is 0 Å². The summed E-state index contributed by atoms with van der Waals surface area (Å²) in [6.07, 6.45) is 10.7. The molecule has 4 aliphatic rings. The van der Waals surface area contributed by atoms with Gasteiger partial charge in [-0.15, -0.1) is 0 Å². The van der Waals surface area contributed by atoms with Crippen molar-refractivity contribution < 1.29 is 19.4 Å². The summed E-state index contributed by atoms with van der Waals surface area (Å²) in [7, 11) is 0. The third-order valence-electron chi connectivity index (χ3n) is 12.5. The van der Waals surface area contributed by atoms with Crippen LogP contribution < -0.4 is 20.9 Å². The molecule has 0 heterocycles. The minimum Gasteiger partial charge on any atom is -0.490 e. The molecule has 4 fully saturated rings. The molecule has 0 aromatic heterocycles. The smallest absolute Gasteiger partial charge is 0.303 e. The lowest BCUT2D eigenvalue weighted by molar-refractivity contribution is -0.164. The molecule has 0 amide bonds. The minimum absolute atomic E-state index is 0.128. The fourth-order valence-electron chi connectivity index (χ4n) is 10.5. The standard InChI is InChI=1S/C36H50N2O4/c1-22(4-15-34(39)40)29-13-14-30-28-21-33(42-26-11-7-24(38)8-12-26)32-20-27(41-25-9-5-23(37)6-10-25)16-18-36(32,3)31(28)17-19-35(29,30)2/h5-12,22,27-33H,4,13-21,37-38H2,1-3H3,(H,39,40)/t22-,27?,28+,29-,30+,31+,32?,33?,35-,36-/m1/s1. The van der Waals surface area contributed by atoms with Gasteiger partial charge in [0.2, 0.25) is 0 Å². The molecule has 0 bridgehead atoms. The summed E-state index contributed by atoms with van der Waals surface area (Å²) in [5, 5.41) is 9.34. The van der Waals surface area contributed by atoms with E-state index in [0.29, 0.717) is 35.5 Å². The maximum absolute atomic E-state index is 11.3. The number of carboxylic acids is 1. The molecule has 2 aromatic carbocycles. The largest absolute Gasteiger partial charge is 0.490 e. The van der Waals surface area contributed by atoms with E-state index in [1.165, 1.54) is 25.7 Å². The van der Waals surface area contributed by atoms with E-state index in [4.69, 9.17) is 20.9 Å². The second-order valence-corrected chi connectivity index (χ2v) is 14.7. The van der Waals surface area contributed by atoms with Gasteiger partial charge in [-0.3, -0.25) is 4.79 Å². The third kappa shape index (κ3) is 5.35. The molecular weight excluding hydrogens is 524 g/mol. The summed E-state index contributed by atoms with van der Waals surface area (Å²) < 4.78 is 13.5. The first kappa shape index (κ1) is 29.2. The number of rotatable bonds is 8. The number of carbonyl (C=O) groups is 1. The van der Waals surface area contributed by atoms with Crippen molar-refractivity contribution in [3.8, 4) is 11.5 Å². The number of fused-ring (bicyclic) bond motifs is 5. The zero-order valence-electron chi connectivity index (χ0n) is 25.6. The maximum Gasteiger partial charge on any atom is 0.303 e. The van der Waals surface area contributed by atoms with Crippen molar-refractivity contribution in [2.45, 2.75) is 97.2 Å². The average molecular weight is 575 g/mol. The number of ether oxygens (including phenoxy) is 2. The second kappa shape index (κ2) is 11.3. The molecule has 2 aromatic rings. The van der Waals surface area contributed by atoms with Crippen molar-refractivity contribution in [1.29, 1.82) is 0 Å². The van der Waals surface area contributed by atoms with Crippen LogP contribution in [0.4, 0.5) is 11.4 Å². The molecule has 0 aliphatic heterocycles. The van der Waals surface area contributed by atoms with Gasteiger partial charge in [0, 0.05) is 23.7 Å². The van der Waals surface area contributed by atoms with Crippen LogP contribution in [0, 0.1) is 46.3 Å². The average Bonchev–Trinajstić information content (AvgIpc) is 3.32. The Morgan fingerprint density at radius 2 is 1.43 bits per heavy atom. The number of nitrogens with two attached hydrogens (primary N) is 2. The Labute approximate surface area is 251 Å². The fourth-order valence-corrected chi connectivity index (χ4v) is 10.5. The molecule has 228 valence electrons. The van der Waals surface area contributed by atoms with Crippen LogP contribution in [0.2, 0.25) is 0 Å². The molecule has 0 spiro atoms. The van der Waals surface area contributed by atoms with Crippen molar-refractivity contribution >= 4 is 17.3 Å². The number of nitrogen functional groups attached to an aromatic ring is 2. The Balaban J connectivity index is 1.26. The molecule has 6 rings (SSSR count). The van der Waals surface area contributed by atoms with Crippen molar-refractivity contribution in [2.75, 3.05) is 11.5 Å². The van der Waals surface area contributed by atoms with Crippen LogP contribution in [-0.2, 0) is 4.79 Å². The fraction of sp³-hybridized carbons (Fsp3) is 0.639. The first-order valence-electron chi connectivity index (χ1n) is 16.3. The summed E-state index contributed by atoms with van der Waals surface area (Å²) in [5.74, 6) is 4.60. The zero-order valence-corrected chi connectivity index (χ0v) is 25.6. The van der Waals surface area contributed by atoms with Crippen molar-refractivity contribution in [1.82, 2.24) is 0 Å². The van der Waals surface area contributed by atoms with Gasteiger partial charge in [-0.25, -0.2) is 0 Å². The minimum atomic E-state index is -0.671. The van der Waals surface area contributed by atoms with Crippen LogP contribution in [-0.4, -0.2) is 23.3 Å². The Hall–Kier alpha value is -2.89. The highest BCUT2D eigenvalue weighted by Crippen LogP contribution is 2.68. The lowest BCUT2D eigenvalue weighted by Gasteiger charge is -2.63. The number of benzene rings is 2. The second-order valence-electron chi connectivity index (χ2n) is 14.7. The highest BCUT2D eigenvalue weighted by Gasteiger charge is 2.63. The van der Waals surface area contributed by atoms with Crippen LogP contribution in [0.1, 0.15) is 85.0 Å². The Morgan fingerprint density at radius 1 is 0.833 bits per heavy atom. The Morgan fingerprint density at radius 3 is 2.07 bits per heavy atom. The summed E-state index contributed by atoms with van der Waals surface area (Å²) in [5.41, 5.74) is 13.9. The zero-order chi connectivity index (χ0) is 29.6. The summed E-state index contributed by atoms with van der Waals surface area (Å²) >= 11 is 0. The lowest BCUT2D eigenvalue weighted by Crippen LogP contribution is -2.59. The van der Waals surface area contributed by atoms with E-state index in [9.17, 15) is 9.90 Å². The van der Waals surface area contributed by atoms with Gasteiger partial charge in [0.15, 0.2) is 0 Å². The third-order valence-corrected chi connectivity index (χ3v) is 12.5. The number of hydrogen-bond acceptors (Lipinski definition) is 5. The number of anilines is 2. The molecule has 6 heteroatoms. The molecule has 0 saturated heterocycles. The van der Waals surface area contributed by atoms with E-state index in [2.05, 4.69) is 20.8 Å². The molecule has 42 heavy (non-hydrogen) atoms. The Kier molecular flexibility index (Phi) is 7.86. The van der Waals surface area contributed by atoms with E-state index in [1.54, 1.807) is 0 Å². The molecule has 4 aliphatic carbocycles. The molecule has 10 atom stereocenters. The van der Waals surface area contributed by atoms with Crippen molar-refractivity contribution in [2.24, 2.45) is 46.3 Å². The van der Waals surface area contributed by atoms with Crippen LogP contribution in [0.3, 0.4) is 0 Å². The molecule has 6 nitrogen and oxygen atoms in total. The van der Waals surface area contributed by atoms with Gasteiger partial charge in [0.25, 0.3) is 0 Å². The highest BCUT2D eigenvalue weighted by molar-refractivity contribution is 5.66. The van der Waals surface area contributed by atoms with Crippen molar-refractivity contribution in [3.63, 3.8) is 0 Å². The van der Waals surface area contributed by atoms with Gasteiger partial charge in [0.1, 0.15) is 17.6 Å². The van der Waals surface area contributed by atoms with Crippen LogP contribution in [0.25, 0.3) is 0 Å². The first-order valence-corrected chi connectivity index (χ1v) is 16.3. The van der Waals surface area contributed by atoms with E-state index in [1.807, 2.05) is 48.5 Å². The summed E-state index contributed by atoms with van der Waals surface area (Å²) in [6, 6.07) is 15.7. The molecule has 3 unspecified atom stereocenters. The molecule has 4 saturated carbocycles. The van der Waals surface area contributed by atoms with Crippen molar-refractivity contribution in [3.05, 3.63) is 48.5 Å². The Bertz CT molecular complexity index is 1250. The number of aliphatic carboxylic acids is 1. The number of hydrogen-bond donors (Lipinski definition) is 3. The van der Waals surface area contributed by atoms with Gasteiger partial charge < -0.3 is 26.0 Å². The van der Waals surface area contributed by atoms with Crippen LogP contribution in [0.15, 0.2) is 48.5 Å². The summed E-state index contributed by atoms with van der Waals surface area (Å²) in [4.78, 5) is 11.3. The van der Waals surface area contributed by atoms with Crippen LogP contribution in [0.5, 0.6) is 11.5 Å². The van der Waals surface area contributed by atoms with Gasteiger partial charge in [-0.1, -0.05) is 20.8 Å². The molecular formula is C36H50N2O4. The highest BCUT2D eigenvalue weighted by atomic mass is 16.5. The van der Waals surface area contributed by atoms with Gasteiger partial charge in [-0.2, -0.15) is 0 Å². The predicted molar refractivity (Wildman–Crippen MR) is 167 cm³/mol. The first-order chi connectivity index (χ1) is 20.1. The summed E-state index contributed by atoms with van der Waals surface area (Å²) in [6.45, 7) is 7.42. The monoisotopic (exact) mass is 574 g/mol. The van der Waals surface area contributed by atoms with Gasteiger partial charge in [0.05, 0.1) is 6.10 Å². The normalized spacial score (nSPS) is 38.0. The number of carboxylic acid groups (broad SMARTS) is 1.